The molecule has 10 heteroatoms. The second-order valence-electron chi connectivity index (χ2n) is 7.49. The van der Waals surface area contributed by atoms with Gasteiger partial charge in [-0.05, 0) is 31.7 Å². The molecule has 1 aliphatic carbocycles. The van der Waals surface area contributed by atoms with E-state index in [9.17, 15) is 14.0 Å². The van der Waals surface area contributed by atoms with Crippen molar-refractivity contribution in [2.24, 2.45) is 0 Å². The Morgan fingerprint density at radius 1 is 1.34 bits per heavy atom. The minimum absolute atomic E-state index is 0.0288. The number of halogens is 2. The van der Waals surface area contributed by atoms with Crippen LogP contribution in [0.4, 0.5) is 14.0 Å². The number of rotatable bonds is 4. The first-order valence-corrected chi connectivity index (χ1v) is 10.1. The molecule has 1 atom stereocenters. The van der Waals surface area contributed by atoms with Gasteiger partial charge in [0.25, 0.3) is 0 Å². The number of hydrogen-bond donors (Lipinski definition) is 2. The highest BCUT2D eigenvalue weighted by Gasteiger charge is 2.39. The number of likely N-dealkylation sites (tertiary alicyclic amines) is 1. The number of nitrogens with zero attached hydrogens (tertiary/aromatic N) is 3. The van der Waals surface area contributed by atoms with Crippen LogP contribution in [0.1, 0.15) is 31.4 Å². The molecule has 1 aromatic carbocycles. The summed E-state index contributed by atoms with van der Waals surface area (Å²) in [7, 11) is 1.61. The van der Waals surface area contributed by atoms with Crippen LogP contribution in [0, 0.1) is 5.82 Å². The molecule has 0 bridgehead atoms. The van der Waals surface area contributed by atoms with Gasteiger partial charge in [0, 0.05) is 37.6 Å². The van der Waals surface area contributed by atoms with Crippen molar-refractivity contribution in [1.82, 2.24) is 25.6 Å². The van der Waals surface area contributed by atoms with Crippen LogP contribution in [0.5, 0.6) is 0 Å². The van der Waals surface area contributed by atoms with E-state index in [1.54, 1.807) is 11.9 Å². The molecule has 2 N–H and O–H groups in total. The lowest BCUT2D eigenvalue weighted by Gasteiger charge is -2.39. The predicted octanol–water partition coefficient (Wildman–Crippen LogP) is 3.10. The van der Waals surface area contributed by atoms with Crippen molar-refractivity contribution in [3.8, 4) is 0 Å². The van der Waals surface area contributed by atoms with Crippen LogP contribution in [-0.4, -0.2) is 59.2 Å². The number of carbonyl (C=O) groups is 2. The van der Waals surface area contributed by atoms with Crippen molar-refractivity contribution in [1.29, 1.82) is 0 Å². The molecule has 2 aliphatic rings. The van der Waals surface area contributed by atoms with E-state index in [1.165, 1.54) is 12.1 Å². The minimum Gasteiger partial charge on any atom is -0.356 e. The Kier molecular flexibility index (Phi) is 5.49. The number of nitrogens with one attached hydrogen (secondary N) is 2. The first-order chi connectivity index (χ1) is 14.0. The molecule has 8 nitrogen and oxygen atoms in total. The van der Waals surface area contributed by atoms with E-state index in [-0.39, 0.29) is 35.7 Å². The maximum Gasteiger partial charge on any atom is 0.318 e. The fourth-order valence-corrected chi connectivity index (χ4v) is 4.02. The SMILES string of the molecule is CNC(=O)N1CCC[C@@H](N(C(=O)NCc2noc3cc(Cl)c(F)cc23)C2CC2)C1. The second-order valence-corrected chi connectivity index (χ2v) is 7.89. The smallest absolute Gasteiger partial charge is 0.318 e. The number of amides is 4. The third-order valence-electron chi connectivity index (χ3n) is 5.46. The highest BCUT2D eigenvalue weighted by molar-refractivity contribution is 6.31. The Labute approximate surface area is 172 Å². The molecule has 0 radical (unpaired) electrons. The number of urea groups is 2. The number of fused-ring (bicyclic) bond motifs is 1. The summed E-state index contributed by atoms with van der Waals surface area (Å²) in [4.78, 5) is 28.5. The van der Waals surface area contributed by atoms with Crippen molar-refractivity contribution >= 4 is 34.6 Å². The minimum atomic E-state index is -0.564. The fraction of sp³-hybridized carbons (Fsp3) is 0.526. The zero-order valence-corrected chi connectivity index (χ0v) is 16.8. The summed E-state index contributed by atoms with van der Waals surface area (Å²) in [5.41, 5.74) is 0.809. The van der Waals surface area contributed by atoms with Gasteiger partial charge in [-0.25, -0.2) is 14.0 Å². The van der Waals surface area contributed by atoms with Crippen LogP contribution in [0.15, 0.2) is 16.7 Å². The normalized spacial score (nSPS) is 19.3. The van der Waals surface area contributed by atoms with E-state index in [2.05, 4.69) is 15.8 Å². The lowest BCUT2D eigenvalue weighted by Crippen LogP contribution is -2.56. The van der Waals surface area contributed by atoms with Gasteiger partial charge in [-0.1, -0.05) is 16.8 Å². The lowest BCUT2D eigenvalue weighted by molar-refractivity contribution is 0.116. The molecule has 2 fully saturated rings. The summed E-state index contributed by atoms with van der Waals surface area (Å²) in [5, 5.41) is 9.90. The summed E-state index contributed by atoms with van der Waals surface area (Å²) < 4.78 is 19.0. The van der Waals surface area contributed by atoms with Gasteiger partial charge in [0.05, 0.1) is 17.6 Å². The van der Waals surface area contributed by atoms with E-state index >= 15 is 0 Å². The zero-order chi connectivity index (χ0) is 20.5. The molecule has 4 rings (SSSR count). The summed E-state index contributed by atoms with van der Waals surface area (Å²) in [6.45, 7) is 1.32. The number of hydrogen-bond acceptors (Lipinski definition) is 4. The summed E-state index contributed by atoms with van der Waals surface area (Å²) in [6.07, 6.45) is 3.62. The molecule has 4 amide bonds. The van der Waals surface area contributed by atoms with Crippen molar-refractivity contribution in [3.63, 3.8) is 0 Å². The second kappa shape index (κ2) is 8.06. The fourth-order valence-electron chi connectivity index (χ4n) is 3.87. The highest BCUT2D eigenvalue weighted by Crippen LogP contribution is 2.32. The third-order valence-corrected chi connectivity index (χ3v) is 5.75. The van der Waals surface area contributed by atoms with Crippen molar-refractivity contribution in [2.45, 2.75) is 44.3 Å². The van der Waals surface area contributed by atoms with E-state index < -0.39 is 5.82 Å². The molecule has 1 aromatic heterocycles. The number of benzene rings is 1. The summed E-state index contributed by atoms with van der Waals surface area (Å²) in [6, 6.07) is 2.46. The number of piperidine rings is 1. The topological polar surface area (TPSA) is 90.7 Å². The molecule has 1 saturated carbocycles. The van der Waals surface area contributed by atoms with Gasteiger partial charge < -0.3 is 25.0 Å². The van der Waals surface area contributed by atoms with E-state index in [0.717, 1.165) is 25.7 Å². The van der Waals surface area contributed by atoms with Crippen LogP contribution >= 0.6 is 11.6 Å². The van der Waals surface area contributed by atoms with Gasteiger partial charge in [-0.3, -0.25) is 0 Å². The van der Waals surface area contributed by atoms with Crippen LogP contribution in [0.25, 0.3) is 11.0 Å². The maximum absolute atomic E-state index is 13.8. The van der Waals surface area contributed by atoms with Crippen molar-refractivity contribution in [3.05, 3.63) is 28.7 Å². The number of carbonyl (C=O) groups excluding carboxylic acids is 2. The van der Waals surface area contributed by atoms with E-state index in [0.29, 0.717) is 29.8 Å². The van der Waals surface area contributed by atoms with Gasteiger partial charge in [0.15, 0.2) is 5.58 Å². The summed E-state index contributed by atoms with van der Waals surface area (Å²) in [5.74, 6) is -0.564. The van der Waals surface area contributed by atoms with Crippen LogP contribution < -0.4 is 10.6 Å². The molecule has 0 spiro atoms. The van der Waals surface area contributed by atoms with Gasteiger partial charge >= 0.3 is 12.1 Å². The van der Waals surface area contributed by atoms with Crippen LogP contribution in [0.3, 0.4) is 0 Å². The first-order valence-electron chi connectivity index (χ1n) is 9.74. The first kappa shape index (κ1) is 19.8. The Morgan fingerprint density at radius 2 is 2.14 bits per heavy atom. The molecule has 2 heterocycles. The van der Waals surface area contributed by atoms with E-state index in [4.69, 9.17) is 16.1 Å². The van der Waals surface area contributed by atoms with E-state index in [1.807, 2.05) is 4.90 Å². The van der Waals surface area contributed by atoms with Crippen molar-refractivity contribution < 1.29 is 18.5 Å². The van der Waals surface area contributed by atoms with Gasteiger partial charge in [-0.15, -0.1) is 0 Å². The average Bonchev–Trinajstić information content (AvgIpc) is 3.48. The molecule has 0 unspecified atom stereocenters. The zero-order valence-electron chi connectivity index (χ0n) is 16.1. The molecule has 2 aromatic rings. The summed E-state index contributed by atoms with van der Waals surface area (Å²) >= 11 is 5.77. The Balaban J connectivity index is 1.45. The lowest BCUT2D eigenvalue weighted by atomic mass is 10.0. The molecular formula is C19H23ClFN5O3. The predicted molar refractivity (Wildman–Crippen MR) is 105 cm³/mol. The Morgan fingerprint density at radius 3 is 2.86 bits per heavy atom. The molecule has 156 valence electrons. The molecular weight excluding hydrogens is 401 g/mol. The Hall–Kier alpha value is -2.55. The maximum atomic E-state index is 13.8. The van der Waals surface area contributed by atoms with Crippen molar-refractivity contribution in [2.75, 3.05) is 20.1 Å². The van der Waals surface area contributed by atoms with Crippen LogP contribution in [-0.2, 0) is 6.54 Å². The number of aromatic nitrogens is 1. The largest absolute Gasteiger partial charge is 0.356 e. The molecule has 1 saturated heterocycles. The standard InChI is InChI=1S/C19H23ClFN5O3/c1-22-18(27)25-6-2-3-12(10-25)26(11-4-5-11)19(28)23-9-16-13-7-15(21)14(20)8-17(13)29-24-16/h7-8,11-12H,2-6,9-10H2,1H3,(H,22,27)(H,23,28)/t12-/m1/s1. The highest BCUT2D eigenvalue weighted by atomic mass is 35.5. The quantitative estimate of drug-likeness (QED) is 0.790. The van der Waals surface area contributed by atoms with Gasteiger partial charge in [0.1, 0.15) is 11.5 Å². The van der Waals surface area contributed by atoms with Gasteiger partial charge in [0.2, 0.25) is 0 Å². The van der Waals surface area contributed by atoms with Crippen LogP contribution in [0.2, 0.25) is 5.02 Å². The average molecular weight is 424 g/mol. The molecule has 1 aliphatic heterocycles. The Bertz CT molecular complexity index is 932. The monoisotopic (exact) mass is 423 g/mol. The third kappa shape index (κ3) is 4.10. The molecule has 29 heavy (non-hydrogen) atoms. The van der Waals surface area contributed by atoms with Gasteiger partial charge in [-0.2, -0.15) is 0 Å².